The lowest BCUT2D eigenvalue weighted by molar-refractivity contribution is -0.122. The number of amides is 3. The second-order valence-corrected chi connectivity index (χ2v) is 8.04. The molecule has 0 bridgehead atoms. The highest BCUT2D eigenvalue weighted by Gasteiger charge is 2.48. The van der Waals surface area contributed by atoms with Crippen molar-refractivity contribution in [3.05, 3.63) is 70.3 Å². The van der Waals surface area contributed by atoms with Crippen molar-refractivity contribution in [1.29, 1.82) is 0 Å². The molecule has 2 aromatic rings. The molecule has 148 valence electrons. The van der Waals surface area contributed by atoms with Gasteiger partial charge in [-0.15, -0.1) is 0 Å². The number of imide groups is 1. The molecule has 2 atom stereocenters. The maximum absolute atomic E-state index is 12.8. The number of fused-ring (bicyclic) bond motifs is 1. The summed E-state index contributed by atoms with van der Waals surface area (Å²) in [6, 6.07) is 11.9. The SMILES string of the molecule is CC1=CC[C@H]2C(=O)N(c3ccc(C(=O)Nc4cccc(Cl)c4C)cc3)C(=O)[C@@H]2C1. The van der Waals surface area contributed by atoms with E-state index < -0.39 is 0 Å². The van der Waals surface area contributed by atoms with Gasteiger partial charge in [0.2, 0.25) is 11.8 Å². The maximum Gasteiger partial charge on any atom is 0.255 e. The molecule has 1 fully saturated rings. The first-order valence-electron chi connectivity index (χ1n) is 9.57. The Morgan fingerprint density at radius 1 is 1.03 bits per heavy atom. The molecule has 0 spiro atoms. The Bertz CT molecular complexity index is 1040. The van der Waals surface area contributed by atoms with Crippen LogP contribution in [0, 0.1) is 18.8 Å². The molecule has 0 saturated carbocycles. The van der Waals surface area contributed by atoms with E-state index in [1.165, 1.54) is 4.90 Å². The lowest BCUT2D eigenvalue weighted by atomic mass is 9.82. The minimum atomic E-state index is -0.283. The molecular formula is C23H21ClN2O3. The number of nitrogens with zero attached hydrogens (tertiary/aromatic N) is 1. The molecule has 2 aromatic carbocycles. The first kappa shape index (κ1) is 19.4. The van der Waals surface area contributed by atoms with Gasteiger partial charge in [-0.05, 0) is 68.7 Å². The number of nitrogens with one attached hydrogen (secondary N) is 1. The molecular weight excluding hydrogens is 388 g/mol. The highest BCUT2D eigenvalue weighted by atomic mass is 35.5. The molecule has 1 saturated heterocycles. The lowest BCUT2D eigenvalue weighted by Gasteiger charge is -2.18. The number of anilines is 2. The van der Waals surface area contributed by atoms with E-state index in [-0.39, 0.29) is 29.6 Å². The van der Waals surface area contributed by atoms with Crippen molar-refractivity contribution in [3.63, 3.8) is 0 Å². The molecule has 5 nitrogen and oxygen atoms in total. The molecule has 1 heterocycles. The quantitative estimate of drug-likeness (QED) is 0.588. The van der Waals surface area contributed by atoms with E-state index >= 15 is 0 Å². The van der Waals surface area contributed by atoms with Gasteiger partial charge in [0.15, 0.2) is 0 Å². The Labute approximate surface area is 174 Å². The molecule has 2 aliphatic rings. The van der Waals surface area contributed by atoms with Gasteiger partial charge in [-0.3, -0.25) is 19.3 Å². The van der Waals surface area contributed by atoms with Gasteiger partial charge >= 0.3 is 0 Å². The van der Waals surface area contributed by atoms with Gasteiger partial charge in [0.1, 0.15) is 0 Å². The largest absolute Gasteiger partial charge is 0.322 e. The van der Waals surface area contributed by atoms with E-state index in [0.29, 0.717) is 34.8 Å². The van der Waals surface area contributed by atoms with Crippen LogP contribution in [0.5, 0.6) is 0 Å². The average molecular weight is 409 g/mol. The van der Waals surface area contributed by atoms with Crippen molar-refractivity contribution >= 4 is 40.7 Å². The van der Waals surface area contributed by atoms with Crippen molar-refractivity contribution in [2.45, 2.75) is 26.7 Å². The molecule has 3 amide bonds. The van der Waals surface area contributed by atoms with E-state index in [9.17, 15) is 14.4 Å². The lowest BCUT2D eigenvalue weighted by Crippen LogP contribution is -2.30. The van der Waals surface area contributed by atoms with Gasteiger partial charge in [0.05, 0.1) is 17.5 Å². The zero-order valence-corrected chi connectivity index (χ0v) is 17.0. The molecule has 0 radical (unpaired) electrons. The Balaban J connectivity index is 1.52. The van der Waals surface area contributed by atoms with Crippen molar-refractivity contribution < 1.29 is 14.4 Å². The van der Waals surface area contributed by atoms with E-state index in [0.717, 1.165) is 11.1 Å². The van der Waals surface area contributed by atoms with E-state index in [1.54, 1.807) is 42.5 Å². The topological polar surface area (TPSA) is 66.5 Å². The summed E-state index contributed by atoms with van der Waals surface area (Å²) in [6.45, 7) is 3.83. The number of hydrogen-bond donors (Lipinski definition) is 1. The van der Waals surface area contributed by atoms with Gasteiger partial charge < -0.3 is 5.32 Å². The van der Waals surface area contributed by atoms with Crippen LogP contribution in [0.15, 0.2) is 54.1 Å². The predicted molar refractivity (Wildman–Crippen MR) is 113 cm³/mol. The smallest absolute Gasteiger partial charge is 0.255 e. The minimum Gasteiger partial charge on any atom is -0.322 e. The van der Waals surface area contributed by atoms with Crippen molar-refractivity contribution in [2.24, 2.45) is 11.8 Å². The van der Waals surface area contributed by atoms with Crippen LogP contribution in [0.4, 0.5) is 11.4 Å². The number of benzene rings is 2. The fraction of sp³-hybridized carbons (Fsp3) is 0.261. The number of halogens is 1. The minimum absolute atomic E-state index is 0.154. The van der Waals surface area contributed by atoms with Crippen LogP contribution in [0.1, 0.15) is 35.7 Å². The zero-order chi connectivity index (χ0) is 20.7. The maximum atomic E-state index is 12.8. The van der Waals surface area contributed by atoms with Gasteiger partial charge in [-0.25, -0.2) is 0 Å². The Hall–Kier alpha value is -2.92. The number of allylic oxidation sites excluding steroid dienone is 2. The number of carbonyl (C=O) groups excluding carboxylic acids is 3. The molecule has 4 rings (SSSR count). The fourth-order valence-electron chi connectivity index (χ4n) is 3.99. The van der Waals surface area contributed by atoms with Crippen LogP contribution >= 0.6 is 11.6 Å². The van der Waals surface area contributed by atoms with Crippen LogP contribution in [0.25, 0.3) is 0 Å². The molecule has 6 heteroatoms. The molecule has 1 aliphatic carbocycles. The van der Waals surface area contributed by atoms with Crippen molar-refractivity contribution in [3.8, 4) is 0 Å². The first-order valence-corrected chi connectivity index (χ1v) is 9.94. The third-order valence-electron chi connectivity index (χ3n) is 5.73. The summed E-state index contributed by atoms with van der Waals surface area (Å²) >= 11 is 6.10. The van der Waals surface area contributed by atoms with Crippen molar-refractivity contribution in [1.82, 2.24) is 0 Å². The summed E-state index contributed by atoms with van der Waals surface area (Å²) in [4.78, 5) is 39.4. The van der Waals surface area contributed by atoms with E-state index in [4.69, 9.17) is 11.6 Å². The summed E-state index contributed by atoms with van der Waals surface area (Å²) in [7, 11) is 0. The Kier molecular flexibility index (Phi) is 5.01. The number of carbonyl (C=O) groups is 3. The van der Waals surface area contributed by atoms with Crippen LogP contribution in [-0.2, 0) is 9.59 Å². The molecule has 1 N–H and O–H groups in total. The zero-order valence-electron chi connectivity index (χ0n) is 16.2. The van der Waals surface area contributed by atoms with Crippen LogP contribution in [-0.4, -0.2) is 17.7 Å². The monoisotopic (exact) mass is 408 g/mol. The molecule has 29 heavy (non-hydrogen) atoms. The van der Waals surface area contributed by atoms with Gasteiger partial charge in [0.25, 0.3) is 5.91 Å². The first-order chi connectivity index (χ1) is 13.9. The molecule has 0 unspecified atom stereocenters. The predicted octanol–water partition coefficient (Wildman–Crippen LogP) is 4.75. The summed E-state index contributed by atoms with van der Waals surface area (Å²) in [5.41, 5.74) is 3.52. The highest BCUT2D eigenvalue weighted by molar-refractivity contribution is 6.31. The summed E-state index contributed by atoms with van der Waals surface area (Å²) < 4.78 is 0. The summed E-state index contributed by atoms with van der Waals surface area (Å²) in [6.07, 6.45) is 3.28. The van der Waals surface area contributed by atoms with E-state index in [1.807, 2.05) is 19.9 Å². The highest BCUT2D eigenvalue weighted by Crippen LogP contribution is 2.39. The van der Waals surface area contributed by atoms with E-state index in [2.05, 4.69) is 5.32 Å². The average Bonchev–Trinajstić information content (AvgIpc) is 2.95. The van der Waals surface area contributed by atoms with Gasteiger partial charge in [-0.2, -0.15) is 0 Å². The van der Waals surface area contributed by atoms with Gasteiger partial charge in [0, 0.05) is 16.3 Å². The number of rotatable bonds is 3. The third kappa shape index (κ3) is 3.47. The standard InChI is InChI=1S/C23H21ClN2O3/c1-13-6-11-17-18(12-13)23(29)26(22(17)28)16-9-7-15(8-10-16)21(27)25-20-5-3-4-19(24)14(20)2/h3-10,17-18H,11-12H2,1-2H3,(H,25,27)/t17-,18-/m1/s1. The van der Waals surface area contributed by atoms with Crippen molar-refractivity contribution in [2.75, 3.05) is 10.2 Å². The summed E-state index contributed by atoms with van der Waals surface area (Å²) in [5.74, 6) is -1.15. The third-order valence-corrected chi connectivity index (χ3v) is 6.14. The van der Waals surface area contributed by atoms with Crippen LogP contribution in [0.2, 0.25) is 5.02 Å². The second-order valence-electron chi connectivity index (χ2n) is 7.63. The fourth-order valence-corrected chi connectivity index (χ4v) is 4.17. The Morgan fingerprint density at radius 2 is 1.72 bits per heavy atom. The molecule has 1 aliphatic heterocycles. The normalized spacial score (nSPS) is 21.1. The summed E-state index contributed by atoms with van der Waals surface area (Å²) in [5, 5.41) is 3.42. The van der Waals surface area contributed by atoms with Crippen LogP contribution < -0.4 is 10.2 Å². The Morgan fingerprint density at radius 3 is 2.45 bits per heavy atom. The van der Waals surface area contributed by atoms with Crippen LogP contribution in [0.3, 0.4) is 0 Å². The second kappa shape index (κ2) is 7.48. The molecule has 0 aromatic heterocycles. The number of hydrogen-bond acceptors (Lipinski definition) is 3. The van der Waals surface area contributed by atoms with Gasteiger partial charge in [-0.1, -0.05) is 29.3 Å².